The van der Waals surface area contributed by atoms with Crippen LogP contribution in [0, 0.1) is 6.92 Å². The molecule has 0 aliphatic rings. The Hall–Kier alpha value is -4.05. The number of ether oxygens (including phenoxy) is 2. The van der Waals surface area contributed by atoms with E-state index in [9.17, 15) is 18.0 Å². The number of rotatable bonds is 12. The zero-order valence-electron chi connectivity index (χ0n) is 25.4. The quantitative estimate of drug-likeness (QED) is 0.334. The van der Waals surface area contributed by atoms with Crippen molar-refractivity contribution in [2.45, 2.75) is 52.2 Å². The molecular formula is C32H41N3O6S. The second-order valence-electron chi connectivity index (χ2n) is 11.3. The van der Waals surface area contributed by atoms with Gasteiger partial charge in [-0.05, 0) is 51.0 Å². The summed E-state index contributed by atoms with van der Waals surface area (Å²) < 4.78 is 37.9. The van der Waals surface area contributed by atoms with Crippen molar-refractivity contribution in [1.82, 2.24) is 10.2 Å². The zero-order valence-corrected chi connectivity index (χ0v) is 26.2. The number of amides is 2. The summed E-state index contributed by atoms with van der Waals surface area (Å²) in [6.45, 7) is 7.15. The maximum Gasteiger partial charge on any atom is 0.244 e. The molecule has 9 nitrogen and oxygen atoms in total. The van der Waals surface area contributed by atoms with Crippen molar-refractivity contribution in [2.24, 2.45) is 0 Å². The summed E-state index contributed by atoms with van der Waals surface area (Å²) in [5.41, 5.74) is 2.36. The summed E-state index contributed by atoms with van der Waals surface area (Å²) in [5, 5.41) is 3.02. The molecule has 0 spiro atoms. The van der Waals surface area contributed by atoms with Crippen LogP contribution in [0.15, 0.2) is 72.8 Å². The van der Waals surface area contributed by atoms with Gasteiger partial charge in [0.2, 0.25) is 21.8 Å². The van der Waals surface area contributed by atoms with E-state index in [4.69, 9.17) is 9.47 Å². The maximum atomic E-state index is 14.2. The van der Waals surface area contributed by atoms with Crippen LogP contribution in [0.5, 0.6) is 11.5 Å². The van der Waals surface area contributed by atoms with Crippen molar-refractivity contribution in [3.05, 3.63) is 89.5 Å². The fourth-order valence-electron chi connectivity index (χ4n) is 4.48. The van der Waals surface area contributed by atoms with Crippen LogP contribution in [0.1, 0.15) is 37.5 Å². The Balaban J connectivity index is 2.10. The summed E-state index contributed by atoms with van der Waals surface area (Å²) in [7, 11) is -1.04. The Morgan fingerprint density at radius 3 is 2.10 bits per heavy atom. The van der Waals surface area contributed by atoms with E-state index in [0.717, 1.165) is 27.3 Å². The lowest BCUT2D eigenvalue weighted by Gasteiger charge is -2.35. The van der Waals surface area contributed by atoms with Gasteiger partial charge in [-0.3, -0.25) is 13.9 Å². The molecule has 0 aliphatic heterocycles. The van der Waals surface area contributed by atoms with Crippen LogP contribution in [0.3, 0.4) is 0 Å². The lowest BCUT2D eigenvalue weighted by atomic mass is 10.0. The highest BCUT2D eigenvalue weighted by atomic mass is 32.2. The molecule has 0 saturated carbocycles. The van der Waals surface area contributed by atoms with Gasteiger partial charge in [-0.15, -0.1) is 0 Å². The molecule has 3 rings (SSSR count). The third-order valence-electron chi connectivity index (χ3n) is 6.58. The average Bonchev–Trinajstić information content (AvgIpc) is 2.93. The number of carbonyl (C=O) groups is 2. The summed E-state index contributed by atoms with van der Waals surface area (Å²) in [6.07, 6.45) is 1.27. The molecule has 0 aromatic heterocycles. The molecule has 226 valence electrons. The Labute approximate surface area is 249 Å². The molecule has 0 saturated heterocycles. The minimum Gasteiger partial charge on any atom is -0.497 e. The van der Waals surface area contributed by atoms with Gasteiger partial charge >= 0.3 is 0 Å². The van der Waals surface area contributed by atoms with E-state index >= 15 is 0 Å². The Morgan fingerprint density at radius 2 is 1.55 bits per heavy atom. The molecule has 0 bridgehead atoms. The highest BCUT2D eigenvalue weighted by Crippen LogP contribution is 2.34. The topological polar surface area (TPSA) is 105 Å². The standard InChI is InChI=1S/C32H41N3O6S/c1-23-13-15-25(16-14-23)21-34(28(31(37)33-32(2,3)4)19-24-11-9-8-10-12-24)30(36)22-35(42(7,38)39)27-18-17-26(40-5)20-29(27)41-6/h8-18,20,28H,19,21-22H2,1-7H3,(H,33,37)/t28-/m0/s1. The minimum absolute atomic E-state index is 0.103. The van der Waals surface area contributed by atoms with E-state index in [1.165, 1.54) is 25.2 Å². The summed E-state index contributed by atoms with van der Waals surface area (Å²) in [6, 6.07) is 20.9. The van der Waals surface area contributed by atoms with Crippen LogP contribution < -0.4 is 19.1 Å². The molecule has 10 heteroatoms. The normalized spacial score (nSPS) is 12.3. The number of aryl methyl sites for hydroxylation is 1. The lowest BCUT2D eigenvalue weighted by molar-refractivity contribution is -0.140. The van der Waals surface area contributed by atoms with E-state index in [2.05, 4.69) is 5.32 Å². The Morgan fingerprint density at radius 1 is 0.905 bits per heavy atom. The molecule has 1 atom stereocenters. The van der Waals surface area contributed by atoms with Gasteiger partial charge in [0, 0.05) is 24.6 Å². The molecular weight excluding hydrogens is 554 g/mol. The van der Waals surface area contributed by atoms with E-state index in [1.54, 1.807) is 12.1 Å². The molecule has 0 heterocycles. The van der Waals surface area contributed by atoms with Gasteiger partial charge in [-0.25, -0.2) is 8.42 Å². The van der Waals surface area contributed by atoms with Crippen LogP contribution in [-0.2, 0) is 32.6 Å². The van der Waals surface area contributed by atoms with Crippen molar-refractivity contribution in [1.29, 1.82) is 0 Å². The van der Waals surface area contributed by atoms with Crippen molar-refractivity contribution >= 4 is 27.5 Å². The Kier molecular flexibility index (Phi) is 10.6. The van der Waals surface area contributed by atoms with Crippen LogP contribution in [-0.4, -0.2) is 63.7 Å². The highest BCUT2D eigenvalue weighted by Gasteiger charge is 2.35. The minimum atomic E-state index is -3.95. The number of hydrogen-bond donors (Lipinski definition) is 1. The molecule has 0 radical (unpaired) electrons. The van der Waals surface area contributed by atoms with Crippen molar-refractivity contribution in [2.75, 3.05) is 31.3 Å². The summed E-state index contributed by atoms with van der Waals surface area (Å²) >= 11 is 0. The van der Waals surface area contributed by atoms with Crippen LogP contribution >= 0.6 is 0 Å². The van der Waals surface area contributed by atoms with E-state index in [1.807, 2.05) is 82.3 Å². The van der Waals surface area contributed by atoms with Gasteiger partial charge in [0.15, 0.2) is 0 Å². The molecule has 42 heavy (non-hydrogen) atoms. The third kappa shape index (κ3) is 8.97. The molecule has 0 fully saturated rings. The molecule has 3 aromatic rings. The summed E-state index contributed by atoms with van der Waals surface area (Å²) in [5.74, 6) is -0.175. The number of carbonyl (C=O) groups excluding carboxylic acids is 2. The van der Waals surface area contributed by atoms with Gasteiger partial charge < -0.3 is 19.7 Å². The number of nitrogens with one attached hydrogen (secondary N) is 1. The zero-order chi connectivity index (χ0) is 31.1. The second-order valence-corrected chi connectivity index (χ2v) is 13.2. The molecule has 2 amide bonds. The van der Waals surface area contributed by atoms with Crippen LogP contribution in [0.2, 0.25) is 0 Å². The number of methoxy groups -OCH3 is 2. The molecule has 0 aliphatic carbocycles. The molecule has 0 unspecified atom stereocenters. The second kappa shape index (κ2) is 13.7. The first-order valence-electron chi connectivity index (χ1n) is 13.6. The van der Waals surface area contributed by atoms with E-state index in [0.29, 0.717) is 5.75 Å². The number of hydrogen-bond acceptors (Lipinski definition) is 6. The van der Waals surface area contributed by atoms with Gasteiger partial charge in [0.05, 0.1) is 26.2 Å². The maximum absolute atomic E-state index is 14.2. The summed E-state index contributed by atoms with van der Waals surface area (Å²) in [4.78, 5) is 29.5. The van der Waals surface area contributed by atoms with Crippen molar-refractivity contribution in [3.63, 3.8) is 0 Å². The van der Waals surface area contributed by atoms with Gasteiger partial charge in [0.1, 0.15) is 24.1 Å². The first kappa shape index (κ1) is 32.5. The fourth-order valence-corrected chi connectivity index (χ4v) is 5.34. The largest absolute Gasteiger partial charge is 0.497 e. The number of sulfonamides is 1. The first-order chi connectivity index (χ1) is 19.7. The highest BCUT2D eigenvalue weighted by molar-refractivity contribution is 7.92. The monoisotopic (exact) mass is 595 g/mol. The smallest absolute Gasteiger partial charge is 0.244 e. The van der Waals surface area contributed by atoms with Crippen LogP contribution in [0.25, 0.3) is 0 Å². The average molecular weight is 596 g/mol. The first-order valence-corrected chi connectivity index (χ1v) is 15.5. The fraction of sp³-hybridized carbons (Fsp3) is 0.375. The van der Waals surface area contributed by atoms with E-state index in [-0.39, 0.29) is 30.3 Å². The number of anilines is 1. The van der Waals surface area contributed by atoms with Crippen LogP contribution in [0.4, 0.5) is 5.69 Å². The van der Waals surface area contributed by atoms with Gasteiger partial charge in [0.25, 0.3) is 0 Å². The lowest BCUT2D eigenvalue weighted by Crippen LogP contribution is -2.56. The third-order valence-corrected chi connectivity index (χ3v) is 7.70. The van der Waals surface area contributed by atoms with E-state index < -0.39 is 34.1 Å². The van der Waals surface area contributed by atoms with Crippen molar-refractivity contribution < 1.29 is 27.5 Å². The predicted molar refractivity (Wildman–Crippen MR) is 165 cm³/mol. The molecule has 1 N–H and O–H groups in total. The van der Waals surface area contributed by atoms with Gasteiger partial charge in [-0.1, -0.05) is 60.2 Å². The Bertz CT molecular complexity index is 1470. The SMILES string of the molecule is COc1ccc(N(CC(=O)N(Cc2ccc(C)cc2)[C@@H](Cc2ccccc2)C(=O)NC(C)(C)C)S(C)(=O)=O)c(OC)c1. The van der Waals surface area contributed by atoms with Crippen molar-refractivity contribution in [3.8, 4) is 11.5 Å². The molecule has 3 aromatic carbocycles. The van der Waals surface area contributed by atoms with Gasteiger partial charge in [-0.2, -0.15) is 0 Å². The number of benzene rings is 3. The number of nitrogens with zero attached hydrogens (tertiary/aromatic N) is 2. The predicted octanol–water partition coefficient (Wildman–Crippen LogP) is 4.33.